The van der Waals surface area contributed by atoms with E-state index in [-0.39, 0.29) is 17.7 Å². The number of hydrogen-bond acceptors (Lipinski definition) is 1. The van der Waals surface area contributed by atoms with E-state index in [1.807, 2.05) is 0 Å². The fraction of sp³-hybridized carbons (Fsp3) is 0.700. The SMILES string of the molecule is Cn1nc(C(F)F)c2c1C(F)(F)[C@@H]1C[C@]21C. The Kier molecular flexibility index (Phi) is 1.54. The van der Waals surface area contributed by atoms with Crippen LogP contribution in [0.4, 0.5) is 17.6 Å². The maximum Gasteiger partial charge on any atom is 0.293 e. The van der Waals surface area contributed by atoms with Crippen molar-refractivity contribution in [2.45, 2.75) is 31.1 Å². The summed E-state index contributed by atoms with van der Waals surface area (Å²) in [5, 5.41) is 3.54. The summed E-state index contributed by atoms with van der Waals surface area (Å²) in [5.74, 6) is -3.84. The third-order valence-electron chi connectivity index (χ3n) is 3.84. The molecule has 0 unspecified atom stereocenters. The quantitative estimate of drug-likeness (QED) is 0.683. The van der Waals surface area contributed by atoms with Crippen LogP contribution >= 0.6 is 0 Å². The third kappa shape index (κ3) is 0.872. The minimum absolute atomic E-state index is 0.0833. The van der Waals surface area contributed by atoms with Gasteiger partial charge in [-0.2, -0.15) is 13.9 Å². The van der Waals surface area contributed by atoms with Crippen LogP contribution in [0.5, 0.6) is 0 Å². The van der Waals surface area contributed by atoms with Crippen molar-refractivity contribution in [3.63, 3.8) is 0 Å². The summed E-state index contributed by atoms with van der Waals surface area (Å²) in [6, 6.07) is 0. The number of nitrogens with zero attached hydrogens (tertiary/aromatic N) is 2. The summed E-state index contributed by atoms with van der Waals surface area (Å²) in [6.07, 6.45) is -2.51. The van der Waals surface area contributed by atoms with Crippen LogP contribution in [0.25, 0.3) is 0 Å². The lowest BCUT2D eigenvalue weighted by atomic mass is 9.99. The fourth-order valence-electron chi connectivity index (χ4n) is 2.98. The molecule has 1 saturated carbocycles. The van der Waals surface area contributed by atoms with E-state index in [1.165, 1.54) is 7.05 Å². The van der Waals surface area contributed by atoms with E-state index in [4.69, 9.17) is 0 Å². The van der Waals surface area contributed by atoms with Gasteiger partial charge in [0.05, 0.1) is 0 Å². The molecule has 2 atom stereocenters. The zero-order chi connectivity index (χ0) is 11.9. The molecule has 16 heavy (non-hydrogen) atoms. The highest BCUT2D eigenvalue weighted by molar-refractivity contribution is 5.50. The lowest BCUT2D eigenvalue weighted by Crippen LogP contribution is -2.18. The highest BCUT2D eigenvalue weighted by Crippen LogP contribution is 2.71. The number of rotatable bonds is 1. The Morgan fingerprint density at radius 2 is 2.06 bits per heavy atom. The van der Waals surface area contributed by atoms with E-state index < -0.39 is 29.4 Å². The second-order valence-electron chi connectivity index (χ2n) is 4.83. The summed E-state index contributed by atoms with van der Waals surface area (Å²) in [6.45, 7) is 1.62. The number of aromatic nitrogens is 2. The zero-order valence-electron chi connectivity index (χ0n) is 8.77. The van der Waals surface area contributed by atoms with Crippen LogP contribution in [-0.4, -0.2) is 9.78 Å². The Labute approximate surface area is 89.2 Å². The summed E-state index contributed by atoms with van der Waals surface area (Å²) < 4.78 is 54.1. The Bertz CT molecular complexity index is 479. The zero-order valence-corrected chi connectivity index (χ0v) is 8.77. The predicted octanol–water partition coefficient (Wildman–Crippen LogP) is 2.74. The lowest BCUT2D eigenvalue weighted by Gasteiger charge is -2.12. The molecule has 1 aromatic rings. The lowest BCUT2D eigenvalue weighted by molar-refractivity contribution is -0.0328. The van der Waals surface area contributed by atoms with Crippen LogP contribution in [0.3, 0.4) is 0 Å². The monoisotopic (exact) mass is 234 g/mol. The van der Waals surface area contributed by atoms with Crippen molar-refractivity contribution in [2.24, 2.45) is 13.0 Å². The van der Waals surface area contributed by atoms with Crippen LogP contribution < -0.4 is 0 Å². The molecule has 6 heteroatoms. The molecule has 3 rings (SSSR count). The molecule has 2 aliphatic carbocycles. The van der Waals surface area contributed by atoms with Crippen molar-refractivity contribution in [1.82, 2.24) is 9.78 Å². The maximum atomic E-state index is 13.8. The normalized spacial score (nSPS) is 34.1. The molecule has 0 aromatic carbocycles. The number of aryl methyl sites for hydroxylation is 1. The Morgan fingerprint density at radius 1 is 1.44 bits per heavy atom. The average Bonchev–Trinajstić information content (AvgIpc) is 2.64. The van der Waals surface area contributed by atoms with Crippen LogP contribution in [0.1, 0.15) is 36.7 Å². The number of hydrogen-bond donors (Lipinski definition) is 0. The molecular weight excluding hydrogens is 224 g/mol. The molecule has 1 heterocycles. The predicted molar refractivity (Wildman–Crippen MR) is 47.5 cm³/mol. The number of fused-ring (bicyclic) bond motifs is 3. The molecule has 88 valence electrons. The number of halogens is 4. The van der Waals surface area contributed by atoms with Crippen molar-refractivity contribution in [2.75, 3.05) is 0 Å². The van der Waals surface area contributed by atoms with E-state index in [9.17, 15) is 17.6 Å². The molecule has 0 spiro atoms. The van der Waals surface area contributed by atoms with Crippen LogP contribution in [0.15, 0.2) is 0 Å². The van der Waals surface area contributed by atoms with Gasteiger partial charge in [-0.15, -0.1) is 0 Å². The van der Waals surface area contributed by atoms with Gasteiger partial charge in [0, 0.05) is 23.9 Å². The third-order valence-corrected chi connectivity index (χ3v) is 3.84. The highest BCUT2D eigenvalue weighted by atomic mass is 19.3. The molecular formula is C10H10F4N2. The minimum atomic E-state index is -3.01. The second kappa shape index (κ2) is 2.43. The number of alkyl halides is 4. The molecule has 1 aromatic heterocycles. The molecule has 0 radical (unpaired) electrons. The molecule has 0 aliphatic heterocycles. The first kappa shape index (κ1) is 10.1. The van der Waals surface area contributed by atoms with E-state index in [1.54, 1.807) is 6.92 Å². The van der Waals surface area contributed by atoms with Crippen molar-refractivity contribution in [3.05, 3.63) is 17.0 Å². The molecule has 1 fully saturated rings. The van der Waals surface area contributed by atoms with Crippen molar-refractivity contribution in [1.29, 1.82) is 0 Å². The van der Waals surface area contributed by atoms with Crippen molar-refractivity contribution in [3.8, 4) is 0 Å². The maximum absolute atomic E-state index is 13.8. The van der Waals surface area contributed by atoms with Gasteiger partial charge in [0.1, 0.15) is 11.4 Å². The topological polar surface area (TPSA) is 17.8 Å². The summed E-state index contributed by atoms with van der Waals surface area (Å²) in [7, 11) is 1.30. The first-order valence-corrected chi connectivity index (χ1v) is 5.04. The summed E-state index contributed by atoms with van der Waals surface area (Å²) in [4.78, 5) is 0. The van der Waals surface area contributed by atoms with Gasteiger partial charge in [-0.05, 0) is 6.42 Å². The molecule has 0 bridgehead atoms. The van der Waals surface area contributed by atoms with E-state index in [0.29, 0.717) is 0 Å². The van der Waals surface area contributed by atoms with Crippen LogP contribution in [-0.2, 0) is 18.4 Å². The first-order chi connectivity index (χ1) is 7.30. The molecule has 2 nitrogen and oxygen atoms in total. The van der Waals surface area contributed by atoms with E-state index in [0.717, 1.165) is 4.68 Å². The van der Waals surface area contributed by atoms with Gasteiger partial charge in [-0.25, -0.2) is 8.78 Å². The Hall–Kier alpha value is -1.07. The van der Waals surface area contributed by atoms with Gasteiger partial charge >= 0.3 is 0 Å². The van der Waals surface area contributed by atoms with Crippen LogP contribution in [0.2, 0.25) is 0 Å². The van der Waals surface area contributed by atoms with E-state index in [2.05, 4.69) is 5.10 Å². The summed E-state index contributed by atoms with van der Waals surface area (Å²) in [5.41, 5.74) is -1.50. The second-order valence-corrected chi connectivity index (χ2v) is 4.83. The average molecular weight is 234 g/mol. The first-order valence-electron chi connectivity index (χ1n) is 5.04. The molecule has 2 aliphatic rings. The van der Waals surface area contributed by atoms with Gasteiger partial charge in [0.2, 0.25) is 0 Å². The van der Waals surface area contributed by atoms with Crippen molar-refractivity contribution < 1.29 is 17.6 Å². The molecule has 0 saturated heterocycles. The van der Waals surface area contributed by atoms with E-state index >= 15 is 0 Å². The van der Waals surface area contributed by atoms with Crippen LogP contribution in [0, 0.1) is 5.92 Å². The standard InChI is InChI=1S/C10H10F4N2/c1-9-3-4(9)10(13,14)7-5(9)6(8(11)12)15-16(7)2/h4,8H,3H2,1-2H3/t4-,9+/m1/s1. The fourth-order valence-corrected chi connectivity index (χ4v) is 2.98. The molecule has 0 N–H and O–H groups in total. The van der Waals surface area contributed by atoms with Gasteiger partial charge < -0.3 is 0 Å². The minimum Gasteiger partial charge on any atom is -0.266 e. The largest absolute Gasteiger partial charge is 0.293 e. The van der Waals surface area contributed by atoms with Gasteiger partial charge in [-0.1, -0.05) is 6.92 Å². The highest BCUT2D eigenvalue weighted by Gasteiger charge is 2.73. The van der Waals surface area contributed by atoms with Gasteiger partial charge in [0.15, 0.2) is 0 Å². The molecule has 0 amide bonds. The Balaban J connectivity index is 2.29. The van der Waals surface area contributed by atoms with Gasteiger partial charge in [-0.3, -0.25) is 4.68 Å². The van der Waals surface area contributed by atoms with Crippen molar-refractivity contribution >= 4 is 0 Å². The Morgan fingerprint density at radius 3 is 2.62 bits per heavy atom. The smallest absolute Gasteiger partial charge is 0.266 e. The van der Waals surface area contributed by atoms with Gasteiger partial charge in [0.25, 0.3) is 12.3 Å². The summed E-state index contributed by atoms with van der Waals surface area (Å²) >= 11 is 0.